The van der Waals surface area contributed by atoms with Gasteiger partial charge >= 0.3 is 5.76 Å². The van der Waals surface area contributed by atoms with E-state index < -0.39 is 15.6 Å². The molecule has 6 nitrogen and oxygen atoms in total. The second-order valence-electron chi connectivity index (χ2n) is 3.78. The zero-order valence-electron chi connectivity index (χ0n) is 9.74. The van der Waals surface area contributed by atoms with Gasteiger partial charge in [-0.15, -0.1) is 0 Å². The Labute approximate surface area is 104 Å². The molecule has 0 aliphatic rings. The van der Waals surface area contributed by atoms with Gasteiger partial charge in [0.1, 0.15) is 0 Å². The van der Waals surface area contributed by atoms with E-state index in [1.807, 2.05) is 0 Å². The molecule has 18 heavy (non-hydrogen) atoms. The Balaban J connectivity index is 2.19. The monoisotopic (exact) mass is 268 g/mol. The molecule has 0 unspecified atom stereocenters. The standard InChI is InChI=1S/C11H12N2O4S/c1-9-12-17-11(14)13(9)7-8-18(15,16)10-5-3-2-4-6-10/h2-6H,7-8H2,1H3. The summed E-state index contributed by atoms with van der Waals surface area (Å²) in [6.07, 6.45) is 0. The van der Waals surface area contributed by atoms with Gasteiger partial charge in [0.25, 0.3) is 0 Å². The Morgan fingerprint density at radius 2 is 1.94 bits per heavy atom. The molecule has 0 spiro atoms. The first-order valence-electron chi connectivity index (χ1n) is 5.31. The van der Waals surface area contributed by atoms with E-state index in [1.165, 1.54) is 16.7 Å². The molecule has 0 N–H and O–H groups in total. The lowest BCUT2D eigenvalue weighted by molar-refractivity contribution is 0.375. The molecule has 0 fully saturated rings. The Kier molecular flexibility index (Phi) is 3.33. The molecule has 0 aliphatic carbocycles. The second kappa shape index (κ2) is 4.77. The molecule has 0 amide bonds. The number of benzene rings is 1. The Hall–Kier alpha value is -1.89. The molecule has 96 valence electrons. The summed E-state index contributed by atoms with van der Waals surface area (Å²) in [6, 6.07) is 8.11. The van der Waals surface area contributed by atoms with Crippen molar-refractivity contribution in [2.45, 2.75) is 18.4 Å². The molecule has 0 bridgehead atoms. The highest BCUT2D eigenvalue weighted by Crippen LogP contribution is 2.10. The largest absolute Gasteiger partial charge is 0.441 e. The molecule has 0 atom stereocenters. The summed E-state index contributed by atoms with van der Waals surface area (Å²) in [6.45, 7) is 1.62. The topological polar surface area (TPSA) is 82.2 Å². The fourth-order valence-electron chi connectivity index (χ4n) is 1.55. The van der Waals surface area contributed by atoms with Crippen LogP contribution in [0.4, 0.5) is 0 Å². The number of rotatable bonds is 4. The molecule has 2 rings (SSSR count). The van der Waals surface area contributed by atoms with Crippen LogP contribution in [0.3, 0.4) is 0 Å². The van der Waals surface area contributed by atoms with Gasteiger partial charge in [-0.25, -0.2) is 13.2 Å². The predicted octanol–water partition coefficient (Wildman–Crippen LogP) is 0.619. The first-order valence-corrected chi connectivity index (χ1v) is 6.97. The third-order valence-corrected chi connectivity index (χ3v) is 4.26. The van der Waals surface area contributed by atoms with Crippen LogP contribution in [-0.4, -0.2) is 23.9 Å². The Morgan fingerprint density at radius 1 is 1.28 bits per heavy atom. The Bertz CT molecular complexity index is 685. The highest BCUT2D eigenvalue weighted by atomic mass is 32.2. The van der Waals surface area contributed by atoms with E-state index in [4.69, 9.17) is 0 Å². The third kappa shape index (κ3) is 2.51. The van der Waals surface area contributed by atoms with Gasteiger partial charge in [-0.2, -0.15) is 0 Å². The normalized spacial score (nSPS) is 11.6. The first-order chi connectivity index (χ1) is 8.50. The van der Waals surface area contributed by atoms with E-state index in [-0.39, 0.29) is 17.2 Å². The highest BCUT2D eigenvalue weighted by molar-refractivity contribution is 7.91. The number of nitrogens with zero attached hydrogens (tertiary/aromatic N) is 2. The molecule has 0 saturated carbocycles. The summed E-state index contributed by atoms with van der Waals surface area (Å²) in [5, 5.41) is 3.47. The number of aromatic nitrogens is 2. The number of aryl methyl sites for hydroxylation is 1. The van der Waals surface area contributed by atoms with Crippen LogP contribution in [0.1, 0.15) is 5.82 Å². The minimum atomic E-state index is -3.40. The minimum absolute atomic E-state index is 0.0331. The van der Waals surface area contributed by atoms with Crippen LogP contribution in [-0.2, 0) is 16.4 Å². The lowest BCUT2D eigenvalue weighted by Crippen LogP contribution is -2.21. The molecule has 7 heteroatoms. The average molecular weight is 268 g/mol. The van der Waals surface area contributed by atoms with Crippen LogP contribution in [0.25, 0.3) is 0 Å². The summed E-state index contributed by atoms with van der Waals surface area (Å²) < 4.78 is 29.6. The fraction of sp³-hybridized carbons (Fsp3) is 0.273. The molecular weight excluding hydrogens is 256 g/mol. The lowest BCUT2D eigenvalue weighted by atomic mass is 10.4. The van der Waals surface area contributed by atoms with Crippen molar-refractivity contribution < 1.29 is 12.9 Å². The van der Waals surface area contributed by atoms with E-state index in [2.05, 4.69) is 9.68 Å². The van der Waals surface area contributed by atoms with Crippen molar-refractivity contribution >= 4 is 9.84 Å². The third-order valence-electron chi connectivity index (χ3n) is 2.55. The number of sulfone groups is 1. The highest BCUT2D eigenvalue weighted by Gasteiger charge is 2.16. The van der Waals surface area contributed by atoms with Gasteiger partial charge in [-0.3, -0.25) is 9.09 Å². The van der Waals surface area contributed by atoms with Gasteiger partial charge < -0.3 is 0 Å². The van der Waals surface area contributed by atoms with E-state index >= 15 is 0 Å². The van der Waals surface area contributed by atoms with Crippen LogP contribution < -0.4 is 5.76 Å². The maximum Gasteiger partial charge on any atom is 0.441 e. The molecule has 1 aromatic heterocycles. The fourth-order valence-corrected chi connectivity index (χ4v) is 2.78. The van der Waals surface area contributed by atoms with Gasteiger partial charge in [-0.1, -0.05) is 23.4 Å². The first kappa shape index (κ1) is 12.6. The van der Waals surface area contributed by atoms with E-state index in [0.29, 0.717) is 5.82 Å². The quantitative estimate of drug-likeness (QED) is 0.811. The molecule has 0 radical (unpaired) electrons. The van der Waals surface area contributed by atoms with E-state index in [9.17, 15) is 13.2 Å². The predicted molar refractivity (Wildman–Crippen MR) is 64.0 cm³/mol. The van der Waals surface area contributed by atoms with Crippen molar-refractivity contribution in [1.82, 2.24) is 9.72 Å². The lowest BCUT2D eigenvalue weighted by Gasteiger charge is -2.04. The maximum atomic E-state index is 12.0. The zero-order chi connectivity index (χ0) is 13.2. The van der Waals surface area contributed by atoms with Gasteiger partial charge in [0.15, 0.2) is 15.7 Å². The molecule has 1 heterocycles. The van der Waals surface area contributed by atoms with Crippen LogP contribution >= 0.6 is 0 Å². The van der Waals surface area contributed by atoms with Crippen LogP contribution in [0.5, 0.6) is 0 Å². The average Bonchev–Trinajstić information content (AvgIpc) is 2.68. The van der Waals surface area contributed by atoms with Crippen molar-refractivity contribution in [1.29, 1.82) is 0 Å². The molecule has 1 aromatic carbocycles. The second-order valence-corrected chi connectivity index (χ2v) is 5.89. The van der Waals surface area contributed by atoms with Crippen LogP contribution in [0.2, 0.25) is 0 Å². The number of hydrogen-bond acceptors (Lipinski definition) is 5. The van der Waals surface area contributed by atoms with E-state index in [1.54, 1.807) is 25.1 Å². The van der Waals surface area contributed by atoms with Gasteiger partial charge in [0.05, 0.1) is 10.6 Å². The summed E-state index contributed by atoms with van der Waals surface area (Å²) in [7, 11) is -3.40. The van der Waals surface area contributed by atoms with E-state index in [0.717, 1.165) is 0 Å². The molecular formula is C11H12N2O4S. The SMILES string of the molecule is Cc1noc(=O)n1CCS(=O)(=O)c1ccccc1. The van der Waals surface area contributed by atoms with Crippen molar-refractivity contribution in [3.8, 4) is 0 Å². The summed E-state index contributed by atoms with van der Waals surface area (Å²) in [4.78, 5) is 11.5. The van der Waals surface area contributed by atoms with Crippen molar-refractivity contribution in [3.63, 3.8) is 0 Å². The molecule has 2 aromatic rings. The van der Waals surface area contributed by atoms with Gasteiger partial charge in [0.2, 0.25) is 0 Å². The van der Waals surface area contributed by atoms with Crippen molar-refractivity contribution in [2.24, 2.45) is 0 Å². The van der Waals surface area contributed by atoms with Gasteiger partial charge in [0, 0.05) is 6.54 Å². The molecule has 0 aliphatic heterocycles. The minimum Gasteiger partial charge on any atom is -0.296 e. The smallest absolute Gasteiger partial charge is 0.296 e. The van der Waals surface area contributed by atoms with Crippen molar-refractivity contribution in [3.05, 3.63) is 46.7 Å². The maximum absolute atomic E-state index is 12.0. The van der Waals surface area contributed by atoms with Gasteiger partial charge in [-0.05, 0) is 19.1 Å². The van der Waals surface area contributed by atoms with Crippen LogP contribution in [0.15, 0.2) is 44.5 Å². The summed E-state index contributed by atoms with van der Waals surface area (Å²) >= 11 is 0. The zero-order valence-corrected chi connectivity index (χ0v) is 10.6. The van der Waals surface area contributed by atoms with Crippen LogP contribution in [0, 0.1) is 6.92 Å². The number of hydrogen-bond donors (Lipinski definition) is 0. The summed E-state index contributed by atoms with van der Waals surface area (Å²) in [5.74, 6) is -0.446. The Morgan fingerprint density at radius 3 is 2.50 bits per heavy atom. The van der Waals surface area contributed by atoms with Crippen molar-refractivity contribution in [2.75, 3.05) is 5.75 Å². The summed E-state index contributed by atoms with van der Waals surface area (Å²) in [5.41, 5.74) is 0. The molecule has 0 saturated heterocycles.